The van der Waals surface area contributed by atoms with Gasteiger partial charge < -0.3 is 19.8 Å². The minimum Gasteiger partial charge on any atom is -0.497 e. The number of H-pyrrole nitrogens is 1. The number of rotatable bonds is 7. The first-order chi connectivity index (χ1) is 15.6. The fourth-order valence-electron chi connectivity index (χ4n) is 4.00. The normalized spacial score (nSPS) is 15.3. The number of imidazole rings is 1. The number of aromatic amines is 1. The van der Waals surface area contributed by atoms with Crippen LogP contribution in [0.15, 0.2) is 59.5 Å². The van der Waals surface area contributed by atoms with E-state index >= 15 is 0 Å². The number of aromatic nitrogens is 2. The van der Waals surface area contributed by atoms with Gasteiger partial charge in [0.05, 0.1) is 32.1 Å². The second-order valence-corrected chi connectivity index (χ2v) is 7.76. The van der Waals surface area contributed by atoms with Crippen molar-refractivity contribution in [3.05, 3.63) is 82.0 Å². The van der Waals surface area contributed by atoms with E-state index in [1.54, 1.807) is 42.1 Å². The molecule has 3 aromatic rings. The number of hydrogen-bond donors (Lipinski definition) is 2. The summed E-state index contributed by atoms with van der Waals surface area (Å²) in [5.74, 6) is 0.650. The molecule has 1 saturated heterocycles. The molecule has 1 unspecified atom stereocenters. The van der Waals surface area contributed by atoms with Crippen LogP contribution in [-0.4, -0.2) is 60.3 Å². The van der Waals surface area contributed by atoms with Crippen LogP contribution >= 0.6 is 0 Å². The molecule has 0 spiro atoms. The van der Waals surface area contributed by atoms with Crippen molar-refractivity contribution in [1.82, 2.24) is 19.8 Å². The number of nitrogens with one attached hydrogen (secondary N) is 2. The predicted octanol–water partition coefficient (Wildman–Crippen LogP) is 2.29. The maximum Gasteiger partial charge on any atom is 0.330 e. The monoisotopic (exact) mass is 436 g/mol. The maximum absolute atomic E-state index is 12.8. The second-order valence-electron chi connectivity index (χ2n) is 7.76. The van der Waals surface area contributed by atoms with Crippen LogP contribution in [0.3, 0.4) is 0 Å². The van der Waals surface area contributed by atoms with E-state index in [1.165, 1.54) is 0 Å². The molecule has 1 fully saturated rings. The van der Waals surface area contributed by atoms with Gasteiger partial charge >= 0.3 is 5.69 Å². The van der Waals surface area contributed by atoms with Gasteiger partial charge in [-0.3, -0.25) is 14.3 Å². The van der Waals surface area contributed by atoms with Crippen LogP contribution in [0.2, 0.25) is 0 Å². The Labute approximate surface area is 186 Å². The van der Waals surface area contributed by atoms with Crippen LogP contribution in [-0.2, 0) is 4.74 Å². The standard InChI is InChI=1S/C24H28N4O4/c1-17-15-26-24(30)28(17)20-7-3-19(4-8-20)23(29)25-16-22(27-11-13-32-14-12-27)18-5-9-21(31-2)10-6-18/h3-10,15,22H,11-14,16H2,1-2H3,(H,25,29)(H,26,30). The van der Waals surface area contributed by atoms with E-state index in [0.717, 1.165) is 35.8 Å². The Morgan fingerprint density at radius 3 is 2.41 bits per heavy atom. The Balaban J connectivity index is 1.47. The number of nitrogens with zero attached hydrogens (tertiary/aromatic N) is 2. The van der Waals surface area contributed by atoms with Gasteiger partial charge in [-0.2, -0.15) is 0 Å². The van der Waals surface area contributed by atoms with Crippen molar-refractivity contribution in [2.45, 2.75) is 13.0 Å². The zero-order valence-electron chi connectivity index (χ0n) is 18.3. The predicted molar refractivity (Wildman–Crippen MR) is 122 cm³/mol. The smallest absolute Gasteiger partial charge is 0.330 e. The van der Waals surface area contributed by atoms with Crippen molar-refractivity contribution in [1.29, 1.82) is 0 Å². The highest BCUT2D eigenvalue weighted by atomic mass is 16.5. The molecule has 8 nitrogen and oxygen atoms in total. The molecule has 32 heavy (non-hydrogen) atoms. The molecule has 1 aliphatic heterocycles. The van der Waals surface area contributed by atoms with Crippen molar-refractivity contribution < 1.29 is 14.3 Å². The molecule has 0 radical (unpaired) electrons. The zero-order chi connectivity index (χ0) is 22.5. The molecule has 2 heterocycles. The Morgan fingerprint density at radius 2 is 1.81 bits per heavy atom. The Bertz CT molecular complexity index is 1100. The van der Waals surface area contributed by atoms with Crippen LogP contribution in [0, 0.1) is 6.92 Å². The van der Waals surface area contributed by atoms with Gasteiger partial charge in [0, 0.05) is 37.1 Å². The largest absolute Gasteiger partial charge is 0.497 e. The first-order valence-electron chi connectivity index (χ1n) is 10.7. The van der Waals surface area contributed by atoms with Crippen LogP contribution in [0.1, 0.15) is 27.7 Å². The molecule has 2 N–H and O–H groups in total. The van der Waals surface area contributed by atoms with Gasteiger partial charge in [-0.25, -0.2) is 4.79 Å². The topological polar surface area (TPSA) is 88.6 Å². The lowest BCUT2D eigenvalue weighted by Gasteiger charge is -2.35. The van der Waals surface area contributed by atoms with E-state index in [0.29, 0.717) is 25.3 Å². The SMILES string of the molecule is COc1ccc(C(CNC(=O)c2ccc(-n3c(C)c[nH]c3=O)cc2)N2CCOCC2)cc1. The molecule has 1 atom stereocenters. The van der Waals surface area contributed by atoms with Gasteiger partial charge in [0.15, 0.2) is 0 Å². The molecule has 8 heteroatoms. The summed E-state index contributed by atoms with van der Waals surface area (Å²) in [6.07, 6.45) is 1.66. The highest BCUT2D eigenvalue weighted by molar-refractivity contribution is 5.94. The Morgan fingerprint density at radius 1 is 1.12 bits per heavy atom. The zero-order valence-corrected chi connectivity index (χ0v) is 18.3. The summed E-state index contributed by atoms with van der Waals surface area (Å²) in [6, 6.07) is 15.0. The summed E-state index contributed by atoms with van der Waals surface area (Å²) in [5.41, 5.74) is 2.98. The third kappa shape index (κ3) is 4.76. The summed E-state index contributed by atoms with van der Waals surface area (Å²) in [7, 11) is 1.65. The number of carbonyl (C=O) groups excluding carboxylic acids is 1. The molecule has 1 aromatic heterocycles. The highest BCUT2D eigenvalue weighted by Gasteiger charge is 2.23. The molecule has 0 saturated carbocycles. The summed E-state index contributed by atoms with van der Waals surface area (Å²) in [4.78, 5) is 29.8. The lowest BCUT2D eigenvalue weighted by atomic mass is 10.0. The van der Waals surface area contributed by atoms with Crippen molar-refractivity contribution in [3.63, 3.8) is 0 Å². The van der Waals surface area contributed by atoms with E-state index < -0.39 is 0 Å². The fourth-order valence-corrected chi connectivity index (χ4v) is 4.00. The fraction of sp³-hybridized carbons (Fsp3) is 0.333. The number of hydrogen-bond acceptors (Lipinski definition) is 5. The van der Waals surface area contributed by atoms with E-state index in [2.05, 4.69) is 15.2 Å². The van der Waals surface area contributed by atoms with Crippen molar-refractivity contribution in [2.24, 2.45) is 0 Å². The molecular weight excluding hydrogens is 408 g/mol. The van der Waals surface area contributed by atoms with Crippen LogP contribution < -0.4 is 15.7 Å². The van der Waals surface area contributed by atoms with Gasteiger partial charge in [-0.1, -0.05) is 12.1 Å². The van der Waals surface area contributed by atoms with E-state index in [9.17, 15) is 9.59 Å². The highest BCUT2D eigenvalue weighted by Crippen LogP contribution is 2.24. The molecular formula is C24H28N4O4. The molecule has 0 bridgehead atoms. The van der Waals surface area contributed by atoms with Crippen molar-refractivity contribution in [2.75, 3.05) is 40.0 Å². The third-order valence-corrected chi connectivity index (χ3v) is 5.79. The molecule has 0 aliphatic carbocycles. The minimum absolute atomic E-state index is 0.0362. The molecule has 2 aromatic carbocycles. The number of morpholine rings is 1. The second kappa shape index (κ2) is 9.84. The summed E-state index contributed by atoms with van der Waals surface area (Å²) in [5, 5.41) is 3.07. The number of methoxy groups -OCH3 is 1. The van der Waals surface area contributed by atoms with Crippen molar-refractivity contribution >= 4 is 5.91 Å². The molecule has 1 aliphatic rings. The minimum atomic E-state index is -0.201. The van der Waals surface area contributed by atoms with Crippen LogP contribution in [0.25, 0.3) is 5.69 Å². The number of benzene rings is 2. The summed E-state index contributed by atoms with van der Waals surface area (Å²) < 4.78 is 12.3. The quantitative estimate of drug-likeness (QED) is 0.593. The van der Waals surface area contributed by atoms with E-state index in [-0.39, 0.29) is 17.6 Å². The van der Waals surface area contributed by atoms with Gasteiger partial charge in [-0.15, -0.1) is 0 Å². The van der Waals surface area contributed by atoms with Crippen LogP contribution in [0.4, 0.5) is 0 Å². The van der Waals surface area contributed by atoms with Crippen LogP contribution in [0.5, 0.6) is 5.75 Å². The van der Waals surface area contributed by atoms with Gasteiger partial charge in [0.25, 0.3) is 5.91 Å². The number of aryl methyl sites for hydroxylation is 1. The number of amides is 1. The van der Waals surface area contributed by atoms with Gasteiger partial charge in [0.1, 0.15) is 5.75 Å². The first kappa shape index (κ1) is 21.9. The van der Waals surface area contributed by atoms with Crippen molar-refractivity contribution in [3.8, 4) is 11.4 Å². The lowest BCUT2D eigenvalue weighted by Crippen LogP contribution is -2.43. The molecule has 1 amide bonds. The lowest BCUT2D eigenvalue weighted by molar-refractivity contribution is 0.0162. The van der Waals surface area contributed by atoms with Gasteiger partial charge in [-0.05, 0) is 48.9 Å². The Kier molecular flexibility index (Phi) is 6.72. The first-order valence-corrected chi connectivity index (χ1v) is 10.7. The number of ether oxygens (including phenoxy) is 2. The van der Waals surface area contributed by atoms with E-state index in [4.69, 9.17) is 9.47 Å². The average Bonchev–Trinajstić information content (AvgIpc) is 3.18. The average molecular weight is 437 g/mol. The van der Waals surface area contributed by atoms with E-state index in [1.807, 2.05) is 31.2 Å². The number of carbonyl (C=O) groups is 1. The summed E-state index contributed by atoms with van der Waals surface area (Å²) in [6.45, 7) is 5.31. The maximum atomic E-state index is 12.8. The Hall–Kier alpha value is -3.36. The molecule has 168 valence electrons. The summed E-state index contributed by atoms with van der Waals surface area (Å²) >= 11 is 0. The molecule has 4 rings (SSSR count). The third-order valence-electron chi connectivity index (χ3n) is 5.79. The van der Waals surface area contributed by atoms with Gasteiger partial charge in [0.2, 0.25) is 0 Å².